The number of alkyl halides is 3. The van der Waals surface area contributed by atoms with Crippen LogP contribution in [0.25, 0.3) is 32.9 Å². The maximum atomic E-state index is 13.4. The van der Waals surface area contributed by atoms with Crippen molar-refractivity contribution in [3.63, 3.8) is 0 Å². The Labute approximate surface area is 135 Å². The van der Waals surface area contributed by atoms with E-state index < -0.39 is 11.7 Å². The number of hydrogen-bond donors (Lipinski definition) is 0. The van der Waals surface area contributed by atoms with Crippen molar-refractivity contribution in [2.75, 3.05) is 0 Å². The molecule has 4 aromatic rings. The van der Waals surface area contributed by atoms with E-state index in [4.69, 9.17) is 0 Å². The largest absolute Gasteiger partial charge is 0.418 e. The third kappa shape index (κ3) is 2.29. The van der Waals surface area contributed by atoms with E-state index >= 15 is 0 Å². The first-order chi connectivity index (χ1) is 11.6. The van der Waals surface area contributed by atoms with Gasteiger partial charge in [-0.05, 0) is 17.7 Å². The van der Waals surface area contributed by atoms with Gasteiger partial charge in [-0.3, -0.25) is 4.98 Å². The molecule has 0 spiro atoms. The third-order valence-corrected chi connectivity index (χ3v) is 3.97. The zero-order chi connectivity index (χ0) is 16.7. The molecule has 0 radical (unpaired) electrons. The highest BCUT2D eigenvalue weighted by molar-refractivity contribution is 6.09. The van der Waals surface area contributed by atoms with Gasteiger partial charge in [0.05, 0.1) is 16.6 Å². The molecular weight excluding hydrogens is 313 g/mol. The van der Waals surface area contributed by atoms with E-state index in [0.29, 0.717) is 10.9 Å². The minimum absolute atomic E-state index is 0.0393. The smallest absolute Gasteiger partial charge is 0.264 e. The first kappa shape index (κ1) is 14.6. The Morgan fingerprint density at radius 1 is 0.792 bits per heavy atom. The van der Waals surface area contributed by atoms with Gasteiger partial charge in [0.25, 0.3) is 0 Å². The highest BCUT2D eigenvalue weighted by Crippen LogP contribution is 2.39. The van der Waals surface area contributed by atoms with Crippen LogP contribution in [0.5, 0.6) is 0 Å². The predicted molar refractivity (Wildman–Crippen MR) is 87.5 cm³/mol. The van der Waals surface area contributed by atoms with E-state index in [2.05, 4.69) is 9.97 Å². The van der Waals surface area contributed by atoms with Crippen molar-refractivity contribution in [2.24, 2.45) is 0 Å². The lowest BCUT2D eigenvalue weighted by Crippen LogP contribution is -2.07. The highest BCUT2D eigenvalue weighted by Gasteiger charge is 2.33. The first-order valence-corrected chi connectivity index (χ1v) is 7.35. The SMILES string of the molecule is FC(F)(F)c1cccc2c(-c3ccccc3)c3cnccc3nc12. The zero-order valence-corrected chi connectivity index (χ0v) is 12.4. The summed E-state index contributed by atoms with van der Waals surface area (Å²) in [5.41, 5.74) is 1.28. The molecule has 0 aliphatic rings. The lowest BCUT2D eigenvalue weighted by molar-refractivity contribution is -0.136. The van der Waals surface area contributed by atoms with Crippen LogP contribution in [0.3, 0.4) is 0 Å². The van der Waals surface area contributed by atoms with E-state index in [1.807, 2.05) is 30.3 Å². The topological polar surface area (TPSA) is 25.8 Å². The third-order valence-electron chi connectivity index (χ3n) is 3.97. The van der Waals surface area contributed by atoms with Crippen LogP contribution in [0.1, 0.15) is 5.56 Å². The number of nitrogens with zero attached hydrogens (tertiary/aromatic N) is 2. The Morgan fingerprint density at radius 3 is 2.33 bits per heavy atom. The molecule has 5 heteroatoms. The predicted octanol–water partition coefficient (Wildman–Crippen LogP) is 5.47. The second-order valence-corrected chi connectivity index (χ2v) is 5.45. The van der Waals surface area contributed by atoms with Gasteiger partial charge in [-0.15, -0.1) is 0 Å². The zero-order valence-electron chi connectivity index (χ0n) is 12.4. The minimum atomic E-state index is -4.46. The van der Waals surface area contributed by atoms with Gasteiger partial charge in [-0.1, -0.05) is 42.5 Å². The summed E-state index contributed by atoms with van der Waals surface area (Å²) in [4.78, 5) is 8.39. The number of benzene rings is 2. The van der Waals surface area contributed by atoms with Crippen molar-refractivity contribution in [3.05, 3.63) is 72.6 Å². The van der Waals surface area contributed by atoms with Gasteiger partial charge < -0.3 is 0 Å². The van der Waals surface area contributed by atoms with E-state index in [-0.39, 0.29) is 5.52 Å². The van der Waals surface area contributed by atoms with Gasteiger partial charge in [-0.25, -0.2) is 4.98 Å². The van der Waals surface area contributed by atoms with E-state index in [1.54, 1.807) is 18.3 Å². The summed E-state index contributed by atoms with van der Waals surface area (Å²) in [5, 5.41) is 1.20. The molecule has 2 aromatic carbocycles. The lowest BCUT2D eigenvalue weighted by atomic mass is 9.95. The molecule has 0 atom stereocenters. The normalized spacial score (nSPS) is 12.0. The molecule has 2 nitrogen and oxygen atoms in total. The first-order valence-electron chi connectivity index (χ1n) is 7.35. The Morgan fingerprint density at radius 2 is 1.58 bits per heavy atom. The fraction of sp³-hybridized carbons (Fsp3) is 0.0526. The van der Waals surface area contributed by atoms with Gasteiger partial charge in [0.1, 0.15) is 0 Å². The molecule has 0 N–H and O–H groups in total. The molecule has 0 unspecified atom stereocenters. The molecule has 0 saturated carbocycles. The summed E-state index contributed by atoms with van der Waals surface area (Å²) in [6, 6.07) is 15.1. The summed E-state index contributed by atoms with van der Waals surface area (Å²) in [6.45, 7) is 0. The van der Waals surface area contributed by atoms with Crippen LogP contribution < -0.4 is 0 Å². The quantitative estimate of drug-likeness (QED) is 0.434. The van der Waals surface area contributed by atoms with Gasteiger partial charge in [0.15, 0.2) is 0 Å². The number of hydrogen-bond acceptors (Lipinski definition) is 2. The van der Waals surface area contributed by atoms with Crippen LogP contribution in [0.2, 0.25) is 0 Å². The number of fused-ring (bicyclic) bond motifs is 2. The van der Waals surface area contributed by atoms with Gasteiger partial charge in [0, 0.05) is 28.7 Å². The molecule has 0 saturated heterocycles. The maximum Gasteiger partial charge on any atom is 0.418 e. The number of aromatic nitrogens is 2. The van der Waals surface area contributed by atoms with Crippen LogP contribution in [-0.4, -0.2) is 9.97 Å². The summed E-state index contributed by atoms with van der Waals surface area (Å²) in [6.07, 6.45) is -1.28. The molecule has 0 amide bonds. The fourth-order valence-corrected chi connectivity index (χ4v) is 2.95. The molecule has 4 rings (SSSR count). The molecule has 0 bridgehead atoms. The number of pyridine rings is 2. The minimum Gasteiger partial charge on any atom is -0.264 e. The van der Waals surface area contributed by atoms with Crippen LogP contribution in [0.4, 0.5) is 13.2 Å². The molecule has 2 aromatic heterocycles. The van der Waals surface area contributed by atoms with Crippen molar-refractivity contribution in [3.8, 4) is 11.1 Å². The maximum absolute atomic E-state index is 13.4. The molecule has 0 fully saturated rings. The Bertz CT molecular complexity index is 1040. The Kier molecular flexibility index (Phi) is 3.23. The summed E-state index contributed by atoms with van der Waals surface area (Å²) in [5.74, 6) is 0. The monoisotopic (exact) mass is 324 g/mol. The molecule has 118 valence electrons. The van der Waals surface area contributed by atoms with E-state index in [0.717, 1.165) is 22.6 Å². The number of rotatable bonds is 1. The van der Waals surface area contributed by atoms with Crippen LogP contribution in [-0.2, 0) is 6.18 Å². The fourth-order valence-electron chi connectivity index (χ4n) is 2.95. The second-order valence-electron chi connectivity index (χ2n) is 5.45. The molecule has 0 aliphatic carbocycles. The molecule has 24 heavy (non-hydrogen) atoms. The van der Waals surface area contributed by atoms with Crippen LogP contribution in [0.15, 0.2) is 67.0 Å². The van der Waals surface area contributed by atoms with Crippen LogP contribution in [0, 0.1) is 0 Å². The summed E-state index contributed by atoms with van der Waals surface area (Å²) < 4.78 is 40.2. The average Bonchev–Trinajstić information content (AvgIpc) is 2.59. The highest BCUT2D eigenvalue weighted by atomic mass is 19.4. The molecular formula is C19H11F3N2. The van der Waals surface area contributed by atoms with Gasteiger partial charge in [-0.2, -0.15) is 13.2 Å². The Hall–Kier alpha value is -2.95. The van der Waals surface area contributed by atoms with Crippen molar-refractivity contribution >= 4 is 21.8 Å². The van der Waals surface area contributed by atoms with Crippen molar-refractivity contribution in [1.82, 2.24) is 9.97 Å². The van der Waals surface area contributed by atoms with E-state index in [9.17, 15) is 13.2 Å². The van der Waals surface area contributed by atoms with Gasteiger partial charge >= 0.3 is 6.18 Å². The second kappa shape index (κ2) is 5.30. The Balaban J connectivity index is 2.22. The summed E-state index contributed by atoms with van der Waals surface area (Å²) >= 11 is 0. The van der Waals surface area contributed by atoms with Crippen LogP contribution >= 0.6 is 0 Å². The molecule has 0 aliphatic heterocycles. The van der Waals surface area contributed by atoms with E-state index in [1.165, 1.54) is 12.3 Å². The van der Waals surface area contributed by atoms with Crippen molar-refractivity contribution in [1.29, 1.82) is 0 Å². The summed E-state index contributed by atoms with van der Waals surface area (Å²) in [7, 11) is 0. The molecule has 2 heterocycles. The van der Waals surface area contributed by atoms with Gasteiger partial charge in [0.2, 0.25) is 0 Å². The lowest BCUT2D eigenvalue weighted by Gasteiger charge is -2.14. The number of halogens is 3. The van der Waals surface area contributed by atoms with Crippen molar-refractivity contribution < 1.29 is 13.2 Å². The standard InChI is InChI=1S/C19H11F3N2/c20-19(21,22)15-8-4-7-13-17(12-5-2-1-3-6-12)14-11-23-10-9-16(14)24-18(13)15/h1-11H. The van der Waals surface area contributed by atoms with Crippen molar-refractivity contribution in [2.45, 2.75) is 6.18 Å². The average molecular weight is 324 g/mol. The number of para-hydroxylation sites is 1.